The molecule has 172 valence electrons. The number of rotatable bonds is 4. The van der Waals surface area contributed by atoms with E-state index in [-0.39, 0.29) is 64.6 Å². The number of hydrogen-bond acceptors (Lipinski definition) is 9. The topological polar surface area (TPSA) is 166 Å². The zero-order valence-electron chi connectivity index (χ0n) is 17.7. The Balaban J connectivity index is 1.54. The van der Waals surface area contributed by atoms with Gasteiger partial charge in [-0.1, -0.05) is 6.07 Å². The molecule has 0 bridgehead atoms. The van der Waals surface area contributed by atoms with Gasteiger partial charge in [0.05, 0.1) is 16.8 Å². The quantitative estimate of drug-likeness (QED) is 0.429. The number of carbonyl (C=O) groups excluding carboxylic acids is 3. The zero-order valence-corrected chi connectivity index (χ0v) is 17.7. The van der Waals surface area contributed by atoms with Crippen LogP contribution in [0.3, 0.4) is 0 Å². The van der Waals surface area contributed by atoms with Gasteiger partial charge in [-0.05, 0) is 42.9 Å². The lowest BCUT2D eigenvalue weighted by Crippen LogP contribution is -2.46. The van der Waals surface area contributed by atoms with Crippen LogP contribution >= 0.6 is 0 Å². The second-order valence-corrected chi connectivity index (χ2v) is 8.75. The molecule has 5 N–H and O–H groups in total. The predicted molar refractivity (Wildman–Crippen MR) is 113 cm³/mol. The first-order valence-corrected chi connectivity index (χ1v) is 10.6. The molecule has 0 fully saturated rings. The molecule has 10 nitrogen and oxygen atoms in total. The average molecular weight is 454 g/mol. The number of aliphatic hydroxyl groups is 3. The smallest absolute Gasteiger partial charge is 0.409 e. The van der Waals surface area contributed by atoms with Gasteiger partial charge in [-0.2, -0.15) is 0 Å². The molecule has 1 aliphatic heterocycles. The molecule has 1 spiro atoms. The molecule has 1 heterocycles. The molecule has 3 aliphatic carbocycles. The molecule has 0 aromatic heterocycles. The van der Waals surface area contributed by atoms with Crippen LogP contribution in [0.15, 0.2) is 39.8 Å². The van der Waals surface area contributed by atoms with E-state index in [0.717, 1.165) is 0 Å². The molecule has 5 rings (SSSR count). The number of phenolic OH excluding ortho intramolecular Hbond substituents is 1. The van der Waals surface area contributed by atoms with E-state index in [9.17, 15) is 29.7 Å². The standard InChI is InChI=1S/C23H22N2O8/c1-9(27)16-15(29)6-12-4-11-5-13-10(7-24-22(32)33-8-26)2-3-14(28)18(13)19(30)17(11)21(31)23(12)20(16)25-23/h2-3,11-12,26,28-29,31H,4-8H2,1H3,(H,24,32)/t11?,12-,23+/m0/s1. The summed E-state index contributed by atoms with van der Waals surface area (Å²) in [6, 6.07) is 2.94. The van der Waals surface area contributed by atoms with Crippen molar-refractivity contribution < 1.29 is 39.5 Å². The van der Waals surface area contributed by atoms with Gasteiger partial charge in [0.25, 0.3) is 0 Å². The number of phenols is 1. The second kappa shape index (κ2) is 7.17. The number of amides is 1. The number of nitrogens with one attached hydrogen (secondary N) is 1. The fourth-order valence-electron chi connectivity index (χ4n) is 5.61. The first-order chi connectivity index (χ1) is 15.7. The van der Waals surface area contributed by atoms with Crippen LogP contribution in [0.4, 0.5) is 4.79 Å². The number of ether oxygens (including phenoxy) is 1. The third kappa shape index (κ3) is 2.90. The third-order valence-corrected chi connectivity index (χ3v) is 7.03. The number of carbonyl (C=O) groups is 3. The van der Waals surface area contributed by atoms with Crippen LogP contribution in [0, 0.1) is 11.8 Å². The van der Waals surface area contributed by atoms with Crippen molar-refractivity contribution in [3.63, 3.8) is 0 Å². The average Bonchev–Trinajstić information content (AvgIpc) is 3.48. The number of nitrogens with zero attached hydrogens (tertiary/aromatic N) is 1. The molecule has 33 heavy (non-hydrogen) atoms. The van der Waals surface area contributed by atoms with Crippen molar-refractivity contribution in [3.8, 4) is 5.75 Å². The van der Waals surface area contributed by atoms with Gasteiger partial charge in [-0.3, -0.25) is 14.6 Å². The number of benzene rings is 1. The zero-order chi connectivity index (χ0) is 23.7. The van der Waals surface area contributed by atoms with E-state index in [1.807, 2.05) is 0 Å². The van der Waals surface area contributed by atoms with E-state index in [1.165, 1.54) is 13.0 Å². The highest BCUT2D eigenvalue weighted by atomic mass is 16.6. The van der Waals surface area contributed by atoms with Crippen molar-refractivity contribution in [2.24, 2.45) is 16.8 Å². The van der Waals surface area contributed by atoms with Gasteiger partial charge in [0.15, 0.2) is 23.9 Å². The van der Waals surface area contributed by atoms with Crippen LogP contribution in [-0.2, 0) is 22.5 Å². The Kier molecular flexibility index (Phi) is 4.61. The van der Waals surface area contributed by atoms with Crippen molar-refractivity contribution >= 4 is 23.4 Å². The molecule has 1 unspecified atom stereocenters. The van der Waals surface area contributed by atoms with Gasteiger partial charge in [-0.15, -0.1) is 0 Å². The highest BCUT2D eigenvalue weighted by Crippen LogP contribution is 2.59. The Bertz CT molecular complexity index is 1230. The molecule has 4 aliphatic rings. The summed E-state index contributed by atoms with van der Waals surface area (Å²) < 4.78 is 4.45. The van der Waals surface area contributed by atoms with Crippen molar-refractivity contribution in [2.45, 2.75) is 38.3 Å². The lowest BCUT2D eigenvalue weighted by Gasteiger charge is -2.41. The Hall–Kier alpha value is -3.66. The van der Waals surface area contributed by atoms with Crippen LogP contribution in [0.5, 0.6) is 5.75 Å². The first kappa shape index (κ1) is 21.2. The fourth-order valence-corrected chi connectivity index (χ4v) is 5.61. The highest BCUT2D eigenvalue weighted by molar-refractivity contribution is 6.33. The predicted octanol–water partition coefficient (Wildman–Crippen LogP) is 1.75. The van der Waals surface area contributed by atoms with E-state index >= 15 is 0 Å². The monoisotopic (exact) mass is 454 g/mol. The Morgan fingerprint density at radius 1 is 1.24 bits per heavy atom. The van der Waals surface area contributed by atoms with Crippen molar-refractivity contribution in [1.82, 2.24) is 5.32 Å². The van der Waals surface area contributed by atoms with Gasteiger partial charge >= 0.3 is 6.09 Å². The van der Waals surface area contributed by atoms with Crippen LogP contribution in [0.25, 0.3) is 0 Å². The number of ketones is 2. The number of allylic oxidation sites excluding steroid dienone is 2. The van der Waals surface area contributed by atoms with Gasteiger partial charge in [0.1, 0.15) is 17.3 Å². The van der Waals surface area contributed by atoms with Crippen LogP contribution in [0.1, 0.15) is 41.3 Å². The molecule has 10 heteroatoms. The Labute approximate surface area is 187 Å². The second-order valence-electron chi connectivity index (χ2n) is 8.75. The van der Waals surface area contributed by atoms with Crippen LogP contribution < -0.4 is 5.32 Å². The summed E-state index contributed by atoms with van der Waals surface area (Å²) in [6.07, 6.45) is 0.107. The minimum atomic E-state index is -1.16. The number of hydrogen-bond donors (Lipinski definition) is 5. The van der Waals surface area contributed by atoms with Crippen LogP contribution in [-0.4, -0.2) is 56.1 Å². The Morgan fingerprint density at radius 2 is 2.00 bits per heavy atom. The minimum Gasteiger partial charge on any atom is -0.511 e. The van der Waals surface area contributed by atoms with E-state index < -0.39 is 24.2 Å². The van der Waals surface area contributed by atoms with E-state index in [1.54, 1.807) is 6.07 Å². The first-order valence-electron chi connectivity index (χ1n) is 10.6. The maximum Gasteiger partial charge on any atom is 0.409 e. The van der Waals surface area contributed by atoms with Crippen molar-refractivity contribution in [1.29, 1.82) is 0 Å². The molecule has 3 atom stereocenters. The largest absolute Gasteiger partial charge is 0.511 e. The van der Waals surface area contributed by atoms with Gasteiger partial charge in [-0.25, -0.2) is 4.79 Å². The van der Waals surface area contributed by atoms with E-state index in [0.29, 0.717) is 29.7 Å². The number of aliphatic hydroxyl groups excluding tert-OH is 3. The van der Waals surface area contributed by atoms with Crippen LogP contribution in [0.2, 0.25) is 0 Å². The molecule has 1 amide bonds. The molecule has 1 aromatic rings. The SMILES string of the molecule is CC(=O)C1=C(O)C[C@@H]2CC3Cc4c(CNC(=O)OCO)ccc(O)c4C(=O)C3=C(O)[C@@]23N=C13. The Morgan fingerprint density at radius 3 is 2.70 bits per heavy atom. The van der Waals surface area contributed by atoms with Gasteiger partial charge in [0, 0.05) is 24.5 Å². The lowest BCUT2D eigenvalue weighted by atomic mass is 9.61. The molecular formula is C23H22N2O8. The van der Waals surface area contributed by atoms with Crippen molar-refractivity contribution in [3.05, 3.63) is 51.5 Å². The highest BCUT2D eigenvalue weighted by Gasteiger charge is 2.65. The minimum absolute atomic E-state index is 0.0125. The molecule has 0 radical (unpaired) electrons. The molecule has 0 saturated heterocycles. The molecule has 1 aromatic carbocycles. The maximum atomic E-state index is 13.5. The lowest BCUT2D eigenvalue weighted by molar-refractivity contribution is -0.113. The number of aromatic hydroxyl groups is 1. The molecule has 0 saturated carbocycles. The van der Waals surface area contributed by atoms with Crippen molar-refractivity contribution in [2.75, 3.05) is 6.79 Å². The summed E-state index contributed by atoms with van der Waals surface area (Å²) in [5.41, 5.74) is 0.635. The summed E-state index contributed by atoms with van der Waals surface area (Å²) in [5, 5.41) is 43.3. The fraction of sp³-hybridized carbons (Fsp3) is 0.391. The summed E-state index contributed by atoms with van der Waals surface area (Å²) in [7, 11) is 0. The maximum absolute atomic E-state index is 13.5. The number of Topliss-reactive ketones (excluding diaryl/α,β-unsaturated/α-hetero) is 2. The van der Waals surface area contributed by atoms with Gasteiger partial charge < -0.3 is 30.5 Å². The third-order valence-electron chi connectivity index (χ3n) is 7.03. The molecular weight excluding hydrogens is 432 g/mol. The normalized spacial score (nSPS) is 27.1. The van der Waals surface area contributed by atoms with E-state index in [4.69, 9.17) is 5.11 Å². The summed E-state index contributed by atoms with van der Waals surface area (Å²) in [4.78, 5) is 41.5. The van der Waals surface area contributed by atoms with Gasteiger partial charge in [0.2, 0.25) is 0 Å². The van der Waals surface area contributed by atoms with E-state index in [2.05, 4.69) is 15.0 Å². The number of aliphatic imine (C=N–C) groups is 1. The number of fused-ring (bicyclic) bond motifs is 2. The summed E-state index contributed by atoms with van der Waals surface area (Å²) >= 11 is 0. The summed E-state index contributed by atoms with van der Waals surface area (Å²) in [6.45, 7) is 0.564. The summed E-state index contributed by atoms with van der Waals surface area (Å²) in [5.74, 6) is -2.05. The number of alkyl carbamates (subject to hydrolysis) is 1.